The van der Waals surface area contributed by atoms with Crippen molar-refractivity contribution in [2.75, 3.05) is 5.75 Å². The van der Waals surface area contributed by atoms with Crippen molar-refractivity contribution in [3.8, 4) is 0 Å². The van der Waals surface area contributed by atoms with Gasteiger partial charge in [0.15, 0.2) is 0 Å². The number of benzene rings is 1. The normalized spacial score (nSPS) is 19.2. The lowest BCUT2D eigenvalue weighted by atomic mass is 10.1. The number of fused-ring (bicyclic) bond motifs is 1. The Kier molecular flexibility index (Phi) is 2.04. The van der Waals surface area contributed by atoms with Crippen LogP contribution in [0.1, 0.15) is 12.0 Å². The highest BCUT2D eigenvalue weighted by Crippen LogP contribution is 2.29. The predicted molar refractivity (Wildman–Crippen MR) is 52.5 cm³/mol. The maximum absolute atomic E-state index is 5.30. The summed E-state index contributed by atoms with van der Waals surface area (Å²) in [7, 11) is 0. The predicted octanol–water partition coefficient (Wildman–Crippen LogP) is 1.85. The molecule has 62 valence electrons. The molecule has 1 aromatic rings. The quantitative estimate of drug-likeness (QED) is 0.486. The van der Waals surface area contributed by atoms with E-state index in [1.807, 2.05) is 23.9 Å². The van der Waals surface area contributed by atoms with Crippen molar-refractivity contribution < 1.29 is 0 Å². The van der Waals surface area contributed by atoms with Gasteiger partial charge in [-0.25, -0.2) is 0 Å². The van der Waals surface area contributed by atoms with Crippen LogP contribution in [0.2, 0.25) is 0 Å². The van der Waals surface area contributed by atoms with Crippen LogP contribution in [0, 0.1) is 0 Å². The Morgan fingerprint density at radius 2 is 2.17 bits per heavy atom. The molecular formula is C9H10N2S. The Bertz CT molecular complexity index is 320. The van der Waals surface area contributed by atoms with Crippen LogP contribution in [0.3, 0.4) is 0 Å². The maximum atomic E-state index is 5.30. The third kappa shape index (κ3) is 1.20. The summed E-state index contributed by atoms with van der Waals surface area (Å²) in [6, 6.07) is 8.26. The molecule has 0 fully saturated rings. The van der Waals surface area contributed by atoms with Gasteiger partial charge >= 0.3 is 0 Å². The van der Waals surface area contributed by atoms with Crippen LogP contribution in [0.25, 0.3) is 0 Å². The van der Waals surface area contributed by atoms with Gasteiger partial charge in [-0.15, -0.1) is 11.8 Å². The molecule has 0 radical (unpaired) electrons. The standard InChI is InChI=1S/C9H10N2S/c10-11-8-5-6-12-9-4-2-1-3-7(8)9/h1-4H,5-6,10H2/b11-8-. The van der Waals surface area contributed by atoms with Gasteiger partial charge in [0.1, 0.15) is 0 Å². The SMILES string of the molecule is N/N=C1/CCSc2ccccc21. The monoisotopic (exact) mass is 178 g/mol. The Balaban J connectivity index is 2.51. The molecule has 3 heteroatoms. The van der Waals surface area contributed by atoms with Gasteiger partial charge in [-0.2, -0.15) is 5.10 Å². The summed E-state index contributed by atoms with van der Waals surface area (Å²) in [5, 5.41) is 3.79. The first-order valence-corrected chi connectivity index (χ1v) is 4.89. The highest BCUT2D eigenvalue weighted by atomic mass is 32.2. The fourth-order valence-electron chi connectivity index (χ4n) is 1.36. The molecule has 0 amide bonds. The Hall–Kier alpha value is -0.960. The first-order chi connectivity index (χ1) is 5.92. The van der Waals surface area contributed by atoms with E-state index < -0.39 is 0 Å². The number of rotatable bonds is 0. The fraction of sp³-hybridized carbons (Fsp3) is 0.222. The van der Waals surface area contributed by atoms with Crippen LogP contribution < -0.4 is 5.84 Å². The van der Waals surface area contributed by atoms with E-state index in [-0.39, 0.29) is 0 Å². The molecule has 1 aliphatic rings. The van der Waals surface area contributed by atoms with Crippen molar-refractivity contribution in [2.24, 2.45) is 10.9 Å². The molecule has 0 saturated carbocycles. The first kappa shape index (κ1) is 7.68. The molecule has 1 aromatic carbocycles. The summed E-state index contributed by atoms with van der Waals surface area (Å²) >= 11 is 1.87. The van der Waals surface area contributed by atoms with Crippen molar-refractivity contribution in [3.05, 3.63) is 29.8 Å². The molecule has 0 aliphatic carbocycles. The van der Waals surface area contributed by atoms with E-state index in [0.29, 0.717) is 0 Å². The smallest absolute Gasteiger partial charge is 0.0692 e. The molecule has 0 unspecified atom stereocenters. The summed E-state index contributed by atoms with van der Waals surface area (Å²) in [5.41, 5.74) is 2.24. The number of hydrogen-bond acceptors (Lipinski definition) is 3. The van der Waals surface area contributed by atoms with E-state index in [1.165, 1.54) is 10.5 Å². The van der Waals surface area contributed by atoms with E-state index in [0.717, 1.165) is 17.9 Å². The second-order valence-corrected chi connectivity index (χ2v) is 3.81. The summed E-state index contributed by atoms with van der Waals surface area (Å²) in [4.78, 5) is 1.30. The zero-order chi connectivity index (χ0) is 8.39. The zero-order valence-electron chi connectivity index (χ0n) is 6.66. The van der Waals surface area contributed by atoms with Gasteiger partial charge in [-0.1, -0.05) is 18.2 Å². The molecule has 0 spiro atoms. The van der Waals surface area contributed by atoms with Gasteiger partial charge in [0.05, 0.1) is 5.71 Å². The molecule has 0 bridgehead atoms. The molecule has 12 heavy (non-hydrogen) atoms. The van der Waals surface area contributed by atoms with Crippen molar-refractivity contribution in [2.45, 2.75) is 11.3 Å². The fourth-order valence-corrected chi connectivity index (χ4v) is 2.39. The van der Waals surface area contributed by atoms with Crippen LogP contribution in [0.15, 0.2) is 34.3 Å². The summed E-state index contributed by atoms with van der Waals surface area (Å²) in [6.07, 6.45) is 0.984. The first-order valence-electron chi connectivity index (χ1n) is 3.91. The van der Waals surface area contributed by atoms with E-state index in [2.05, 4.69) is 17.2 Å². The minimum absolute atomic E-state index is 0.984. The lowest BCUT2D eigenvalue weighted by molar-refractivity contribution is 1.15. The van der Waals surface area contributed by atoms with Crippen molar-refractivity contribution in [1.82, 2.24) is 0 Å². The minimum Gasteiger partial charge on any atom is -0.323 e. The third-order valence-electron chi connectivity index (χ3n) is 1.95. The van der Waals surface area contributed by atoms with Crippen molar-refractivity contribution in [3.63, 3.8) is 0 Å². The molecule has 0 atom stereocenters. The van der Waals surface area contributed by atoms with Crippen LogP contribution in [0.5, 0.6) is 0 Å². The molecular weight excluding hydrogens is 168 g/mol. The molecule has 2 nitrogen and oxygen atoms in total. The van der Waals surface area contributed by atoms with E-state index in [4.69, 9.17) is 5.84 Å². The summed E-state index contributed by atoms with van der Waals surface area (Å²) in [5.74, 6) is 6.39. The zero-order valence-corrected chi connectivity index (χ0v) is 7.47. The molecule has 0 aromatic heterocycles. The number of thioether (sulfide) groups is 1. The topological polar surface area (TPSA) is 38.4 Å². The lowest BCUT2D eigenvalue weighted by Crippen LogP contribution is -2.11. The molecule has 1 heterocycles. The summed E-state index contributed by atoms with van der Waals surface area (Å²) < 4.78 is 0. The molecule has 2 N–H and O–H groups in total. The van der Waals surface area contributed by atoms with Crippen molar-refractivity contribution >= 4 is 17.5 Å². The van der Waals surface area contributed by atoms with Crippen LogP contribution >= 0.6 is 11.8 Å². The van der Waals surface area contributed by atoms with Gasteiger partial charge in [0, 0.05) is 22.6 Å². The number of nitrogens with zero attached hydrogens (tertiary/aromatic N) is 1. The molecule has 1 aliphatic heterocycles. The lowest BCUT2D eigenvalue weighted by Gasteiger charge is -2.15. The largest absolute Gasteiger partial charge is 0.323 e. The average Bonchev–Trinajstić information content (AvgIpc) is 2.17. The van der Waals surface area contributed by atoms with Gasteiger partial charge in [-0.3, -0.25) is 0 Å². The van der Waals surface area contributed by atoms with Crippen molar-refractivity contribution in [1.29, 1.82) is 0 Å². The van der Waals surface area contributed by atoms with Gasteiger partial charge in [0.25, 0.3) is 0 Å². The minimum atomic E-state index is 0.984. The van der Waals surface area contributed by atoms with E-state index in [9.17, 15) is 0 Å². The highest BCUT2D eigenvalue weighted by molar-refractivity contribution is 7.99. The average molecular weight is 178 g/mol. The Morgan fingerprint density at radius 1 is 1.33 bits per heavy atom. The van der Waals surface area contributed by atoms with Crippen LogP contribution in [-0.2, 0) is 0 Å². The molecule has 2 rings (SSSR count). The summed E-state index contributed by atoms with van der Waals surface area (Å²) in [6.45, 7) is 0. The second kappa shape index (κ2) is 3.19. The van der Waals surface area contributed by atoms with Crippen LogP contribution in [-0.4, -0.2) is 11.5 Å². The number of hydrogen-bond donors (Lipinski definition) is 1. The molecule has 0 saturated heterocycles. The second-order valence-electron chi connectivity index (χ2n) is 2.67. The van der Waals surface area contributed by atoms with Gasteiger partial charge in [0.2, 0.25) is 0 Å². The highest BCUT2D eigenvalue weighted by Gasteiger charge is 2.14. The van der Waals surface area contributed by atoms with E-state index in [1.54, 1.807) is 0 Å². The number of hydrazone groups is 1. The number of nitrogens with two attached hydrogens (primary N) is 1. The van der Waals surface area contributed by atoms with Gasteiger partial charge in [-0.05, 0) is 6.07 Å². The van der Waals surface area contributed by atoms with Gasteiger partial charge < -0.3 is 5.84 Å². The Morgan fingerprint density at radius 3 is 3.00 bits per heavy atom. The van der Waals surface area contributed by atoms with E-state index >= 15 is 0 Å². The van der Waals surface area contributed by atoms with Crippen LogP contribution in [0.4, 0.5) is 0 Å². The Labute approximate surface area is 75.8 Å². The maximum Gasteiger partial charge on any atom is 0.0692 e. The third-order valence-corrected chi connectivity index (χ3v) is 3.03.